The highest BCUT2D eigenvalue weighted by Crippen LogP contribution is 2.21. The maximum absolute atomic E-state index is 12.8. The Balaban J connectivity index is 2.80. The van der Waals surface area contributed by atoms with Crippen molar-refractivity contribution in [3.8, 4) is 0 Å². The molecule has 0 aliphatic carbocycles. The molecule has 8 N–H and O–H groups in total. The van der Waals surface area contributed by atoms with E-state index >= 15 is 0 Å². The Morgan fingerprint density at radius 3 is 2.43 bits per heavy atom. The average Bonchev–Trinajstić information content (AvgIpc) is 3.10. The number of likely N-dealkylation sites (tertiary alicyclic amines) is 1. The Bertz CT molecular complexity index is 670. The number of rotatable bonds is 9. The van der Waals surface area contributed by atoms with Crippen LogP contribution in [0.15, 0.2) is 4.99 Å². The van der Waals surface area contributed by atoms with Crippen molar-refractivity contribution in [2.45, 2.75) is 64.1 Å². The van der Waals surface area contributed by atoms with Crippen molar-refractivity contribution in [3.05, 3.63) is 0 Å². The van der Waals surface area contributed by atoms with Gasteiger partial charge in [-0.05, 0) is 46.5 Å². The van der Waals surface area contributed by atoms with Gasteiger partial charge >= 0.3 is 6.09 Å². The van der Waals surface area contributed by atoms with E-state index in [4.69, 9.17) is 21.9 Å². The van der Waals surface area contributed by atoms with Crippen molar-refractivity contribution in [2.24, 2.45) is 22.2 Å². The molecule has 0 unspecified atom stereocenters. The Hall–Kier alpha value is -3.05. The summed E-state index contributed by atoms with van der Waals surface area (Å²) in [7, 11) is 0. The second-order valence-electron chi connectivity index (χ2n) is 8.03. The third kappa shape index (κ3) is 8.97. The van der Waals surface area contributed by atoms with Crippen molar-refractivity contribution in [1.82, 2.24) is 15.5 Å². The number of aliphatic imine (C=N–C) groups is 1. The van der Waals surface area contributed by atoms with E-state index in [2.05, 4.69) is 15.6 Å². The third-order valence-corrected chi connectivity index (χ3v) is 4.20. The molecule has 1 rings (SSSR count). The number of hydrogen-bond donors (Lipinski definition) is 5. The zero-order valence-electron chi connectivity index (χ0n) is 17.8. The minimum Gasteiger partial charge on any atom is -0.444 e. The summed E-state index contributed by atoms with van der Waals surface area (Å²) in [5.41, 5.74) is 14.9. The highest BCUT2D eigenvalue weighted by molar-refractivity contribution is 5.92. The fourth-order valence-corrected chi connectivity index (χ4v) is 2.92. The normalized spacial score (nSPS) is 17.0. The summed E-state index contributed by atoms with van der Waals surface area (Å²) in [5.74, 6) is -1.82. The molecule has 170 valence electrons. The SMILES string of the molecule is CC(C)(C)OC(=O)N1CCC[C@H]1C(=O)N[C@@H](CCCN=C(N)N)C(=O)NCC(N)=O. The van der Waals surface area contributed by atoms with Gasteiger partial charge in [-0.3, -0.25) is 24.3 Å². The topological polar surface area (TPSA) is 195 Å². The van der Waals surface area contributed by atoms with Crippen molar-refractivity contribution >= 4 is 29.8 Å². The van der Waals surface area contributed by atoms with Crippen LogP contribution in [0.3, 0.4) is 0 Å². The molecular formula is C18H33N7O5. The molecular weight excluding hydrogens is 394 g/mol. The second-order valence-corrected chi connectivity index (χ2v) is 8.03. The molecule has 30 heavy (non-hydrogen) atoms. The molecule has 1 aliphatic rings. The lowest BCUT2D eigenvalue weighted by Gasteiger charge is -2.29. The summed E-state index contributed by atoms with van der Waals surface area (Å²) in [4.78, 5) is 53.8. The van der Waals surface area contributed by atoms with E-state index in [-0.39, 0.29) is 25.5 Å². The van der Waals surface area contributed by atoms with E-state index < -0.39 is 41.5 Å². The van der Waals surface area contributed by atoms with Crippen LogP contribution in [0.1, 0.15) is 46.5 Å². The standard InChI is InChI=1S/C18H33N7O5/c1-18(2,3)30-17(29)25-9-5-7-12(25)15(28)24-11(6-4-8-22-16(20)21)14(27)23-10-13(19)26/h11-12H,4-10H2,1-3H3,(H2,19,26)(H,23,27)(H,24,28)(H4,20,21,22)/t11-,12-/m0/s1. The quantitative estimate of drug-likeness (QED) is 0.168. The Labute approximate surface area is 175 Å². The monoisotopic (exact) mass is 427 g/mol. The van der Waals surface area contributed by atoms with Crippen LogP contribution >= 0.6 is 0 Å². The zero-order chi connectivity index (χ0) is 22.9. The van der Waals surface area contributed by atoms with Crippen LogP contribution in [0.4, 0.5) is 4.79 Å². The summed E-state index contributed by atoms with van der Waals surface area (Å²) in [5, 5.41) is 5.03. The zero-order valence-corrected chi connectivity index (χ0v) is 17.8. The molecule has 1 aliphatic heterocycles. The van der Waals surface area contributed by atoms with Gasteiger partial charge in [0, 0.05) is 13.1 Å². The molecule has 12 heteroatoms. The fraction of sp³-hybridized carbons (Fsp3) is 0.722. The molecule has 0 bridgehead atoms. The predicted octanol–water partition coefficient (Wildman–Crippen LogP) is -1.47. The van der Waals surface area contributed by atoms with Gasteiger partial charge in [0.2, 0.25) is 17.7 Å². The molecule has 0 saturated carbocycles. The first-order valence-electron chi connectivity index (χ1n) is 9.82. The Morgan fingerprint density at radius 2 is 1.87 bits per heavy atom. The first kappa shape index (κ1) is 25.0. The molecule has 12 nitrogen and oxygen atoms in total. The minimum absolute atomic E-state index is 0.0762. The van der Waals surface area contributed by atoms with Gasteiger partial charge in [0.25, 0.3) is 0 Å². The number of guanidine groups is 1. The average molecular weight is 428 g/mol. The molecule has 1 fully saturated rings. The first-order valence-corrected chi connectivity index (χ1v) is 9.82. The number of carbonyl (C=O) groups is 4. The Morgan fingerprint density at radius 1 is 1.20 bits per heavy atom. The number of ether oxygens (including phenoxy) is 1. The van der Waals surface area contributed by atoms with Crippen LogP contribution in [0.5, 0.6) is 0 Å². The van der Waals surface area contributed by atoms with E-state index in [0.717, 1.165) is 0 Å². The van der Waals surface area contributed by atoms with Crippen LogP contribution in [0, 0.1) is 0 Å². The molecule has 0 aromatic rings. The number of primary amides is 1. The summed E-state index contributed by atoms with van der Waals surface area (Å²) in [6, 6.07) is -1.68. The molecule has 0 aromatic carbocycles. The summed E-state index contributed by atoms with van der Waals surface area (Å²) in [6.07, 6.45) is 1.15. The van der Waals surface area contributed by atoms with Crippen LogP contribution in [-0.4, -0.2) is 72.0 Å². The van der Waals surface area contributed by atoms with Crippen LogP contribution in [0.2, 0.25) is 0 Å². The summed E-state index contributed by atoms with van der Waals surface area (Å²) in [6.45, 7) is 5.52. The third-order valence-electron chi connectivity index (χ3n) is 4.20. The smallest absolute Gasteiger partial charge is 0.410 e. The van der Waals surface area contributed by atoms with Gasteiger partial charge < -0.3 is 32.6 Å². The van der Waals surface area contributed by atoms with E-state index in [1.165, 1.54) is 4.90 Å². The molecule has 2 atom stereocenters. The lowest BCUT2D eigenvalue weighted by atomic mass is 10.1. The predicted molar refractivity (Wildman–Crippen MR) is 110 cm³/mol. The largest absolute Gasteiger partial charge is 0.444 e. The van der Waals surface area contributed by atoms with E-state index in [0.29, 0.717) is 25.8 Å². The van der Waals surface area contributed by atoms with Crippen molar-refractivity contribution in [1.29, 1.82) is 0 Å². The Kier molecular flexibility index (Phi) is 9.34. The van der Waals surface area contributed by atoms with E-state index in [1.54, 1.807) is 20.8 Å². The first-order chi connectivity index (χ1) is 13.9. The number of hydrogen-bond acceptors (Lipinski definition) is 6. The second kappa shape index (κ2) is 11.2. The van der Waals surface area contributed by atoms with Gasteiger partial charge in [0.15, 0.2) is 5.96 Å². The van der Waals surface area contributed by atoms with E-state index in [1.807, 2.05) is 0 Å². The molecule has 0 radical (unpaired) electrons. The number of carbonyl (C=O) groups excluding carboxylic acids is 4. The van der Waals surface area contributed by atoms with Gasteiger partial charge in [-0.25, -0.2) is 4.79 Å². The van der Waals surface area contributed by atoms with Gasteiger partial charge in [0.1, 0.15) is 17.7 Å². The number of nitrogens with zero attached hydrogens (tertiary/aromatic N) is 2. The number of nitrogens with one attached hydrogen (secondary N) is 2. The van der Waals surface area contributed by atoms with Crippen molar-refractivity contribution in [2.75, 3.05) is 19.6 Å². The van der Waals surface area contributed by atoms with Gasteiger partial charge in [-0.15, -0.1) is 0 Å². The van der Waals surface area contributed by atoms with Gasteiger partial charge in [-0.1, -0.05) is 0 Å². The summed E-state index contributed by atoms with van der Waals surface area (Å²) < 4.78 is 5.36. The van der Waals surface area contributed by atoms with Crippen LogP contribution < -0.4 is 27.8 Å². The number of amides is 4. The molecule has 0 spiro atoms. The maximum Gasteiger partial charge on any atom is 0.410 e. The lowest BCUT2D eigenvalue weighted by molar-refractivity contribution is -0.132. The minimum atomic E-state index is -0.938. The van der Waals surface area contributed by atoms with E-state index in [9.17, 15) is 19.2 Å². The van der Waals surface area contributed by atoms with Crippen molar-refractivity contribution < 1.29 is 23.9 Å². The number of nitrogens with two attached hydrogens (primary N) is 3. The van der Waals surface area contributed by atoms with Gasteiger partial charge in [-0.2, -0.15) is 0 Å². The molecule has 0 aromatic heterocycles. The summed E-state index contributed by atoms with van der Waals surface area (Å²) >= 11 is 0. The highest BCUT2D eigenvalue weighted by atomic mass is 16.6. The molecule has 1 saturated heterocycles. The highest BCUT2D eigenvalue weighted by Gasteiger charge is 2.37. The molecule has 4 amide bonds. The van der Waals surface area contributed by atoms with Crippen molar-refractivity contribution in [3.63, 3.8) is 0 Å². The molecule has 1 heterocycles. The lowest BCUT2D eigenvalue weighted by Crippen LogP contribution is -2.54. The van der Waals surface area contributed by atoms with Crippen LogP contribution in [0.25, 0.3) is 0 Å². The van der Waals surface area contributed by atoms with Gasteiger partial charge in [0.05, 0.1) is 6.54 Å². The fourth-order valence-electron chi connectivity index (χ4n) is 2.92. The van der Waals surface area contributed by atoms with Crippen LogP contribution in [-0.2, 0) is 19.1 Å². The maximum atomic E-state index is 12.8.